The molecule has 0 saturated carbocycles. The Labute approximate surface area is 207 Å². The van der Waals surface area contributed by atoms with E-state index in [1.165, 1.54) is 25.3 Å². The summed E-state index contributed by atoms with van der Waals surface area (Å²) in [5.41, 5.74) is 0.751. The largest absolute Gasteiger partial charge is 0.496 e. The van der Waals surface area contributed by atoms with Crippen LogP contribution in [0.4, 0.5) is 5.69 Å². The number of likely N-dealkylation sites (tertiary alicyclic amines) is 2. The topological polar surface area (TPSA) is 96.0 Å². The smallest absolute Gasteiger partial charge is 0.261 e. The van der Waals surface area contributed by atoms with Crippen molar-refractivity contribution in [1.82, 2.24) is 9.80 Å². The molecule has 4 rings (SSSR count). The molecule has 2 aromatic rings. The Hall–Kier alpha value is -3.07. The van der Waals surface area contributed by atoms with Gasteiger partial charge in [0.2, 0.25) is 0 Å². The van der Waals surface area contributed by atoms with Gasteiger partial charge in [0.25, 0.3) is 21.8 Å². The van der Waals surface area contributed by atoms with E-state index in [1.807, 2.05) is 0 Å². The first-order valence-corrected chi connectivity index (χ1v) is 13.8. The minimum atomic E-state index is -4.07. The number of benzene rings is 2. The van der Waals surface area contributed by atoms with Crippen molar-refractivity contribution >= 4 is 27.5 Å². The first kappa shape index (κ1) is 25.0. The Morgan fingerprint density at radius 1 is 0.771 bits per heavy atom. The predicted molar refractivity (Wildman–Crippen MR) is 134 cm³/mol. The Kier molecular flexibility index (Phi) is 7.95. The van der Waals surface area contributed by atoms with Gasteiger partial charge < -0.3 is 14.5 Å². The van der Waals surface area contributed by atoms with Crippen molar-refractivity contribution < 1.29 is 22.7 Å². The van der Waals surface area contributed by atoms with Gasteiger partial charge in [0.15, 0.2) is 0 Å². The number of carbonyl (C=O) groups excluding carboxylic acids is 2. The third kappa shape index (κ3) is 5.78. The van der Waals surface area contributed by atoms with Gasteiger partial charge in [-0.25, -0.2) is 8.42 Å². The van der Waals surface area contributed by atoms with Crippen molar-refractivity contribution in [2.75, 3.05) is 38.0 Å². The van der Waals surface area contributed by atoms with Crippen LogP contribution in [0.15, 0.2) is 47.4 Å². The molecule has 0 spiro atoms. The summed E-state index contributed by atoms with van der Waals surface area (Å²) in [4.78, 5) is 29.8. The van der Waals surface area contributed by atoms with Crippen LogP contribution in [0.25, 0.3) is 0 Å². The zero-order valence-electron chi connectivity index (χ0n) is 20.2. The summed E-state index contributed by atoms with van der Waals surface area (Å²) in [5.74, 6) is -0.0879. The highest BCUT2D eigenvalue weighted by Gasteiger charge is 2.26. The highest BCUT2D eigenvalue weighted by Crippen LogP contribution is 2.28. The zero-order valence-corrected chi connectivity index (χ0v) is 21.0. The molecule has 2 aliphatic rings. The van der Waals surface area contributed by atoms with E-state index in [9.17, 15) is 18.0 Å². The summed E-state index contributed by atoms with van der Waals surface area (Å²) in [5, 5.41) is 0. The van der Waals surface area contributed by atoms with E-state index in [0.29, 0.717) is 37.5 Å². The van der Waals surface area contributed by atoms with Crippen LogP contribution in [0.5, 0.6) is 5.75 Å². The molecule has 0 unspecified atom stereocenters. The summed E-state index contributed by atoms with van der Waals surface area (Å²) < 4.78 is 34.7. The number of carbonyl (C=O) groups is 2. The van der Waals surface area contributed by atoms with Gasteiger partial charge in [0.1, 0.15) is 5.75 Å². The third-order valence-electron chi connectivity index (χ3n) is 6.65. The number of methoxy groups -OCH3 is 1. The highest BCUT2D eigenvalue weighted by molar-refractivity contribution is 7.92. The second kappa shape index (κ2) is 11.1. The highest BCUT2D eigenvalue weighted by atomic mass is 32.2. The number of hydrogen-bond acceptors (Lipinski definition) is 5. The van der Waals surface area contributed by atoms with E-state index in [1.54, 1.807) is 34.1 Å². The molecule has 188 valence electrons. The predicted octanol–water partition coefficient (Wildman–Crippen LogP) is 4.14. The first-order valence-electron chi connectivity index (χ1n) is 12.3. The van der Waals surface area contributed by atoms with Crippen molar-refractivity contribution in [3.8, 4) is 5.75 Å². The number of piperidine rings is 1. The molecule has 9 heteroatoms. The van der Waals surface area contributed by atoms with Crippen molar-refractivity contribution in [2.45, 2.75) is 49.8 Å². The van der Waals surface area contributed by atoms with Gasteiger partial charge >= 0.3 is 0 Å². The van der Waals surface area contributed by atoms with E-state index < -0.39 is 10.0 Å². The Balaban J connectivity index is 1.61. The Bertz CT molecular complexity index is 1170. The van der Waals surface area contributed by atoms with Crippen LogP contribution in [0.1, 0.15) is 65.7 Å². The fourth-order valence-corrected chi connectivity index (χ4v) is 5.80. The van der Waals surface area contributed by atoms with E-state index in [0.717, 1.165) is 44.9 Å². The van der Waals surface area contributed by atoms with Gasteiger partial charge in [-0.15, -0.1) is 0 Å². The number of para-hydroxylation sites is 1. The van der Waals surface area contributed by atoms with E-state index in [-0.39, 0.29) is 28.0 Å². The van der Waals surface area contributed by atoms with E-state index in [2.05, 4.69) is 4.72 Å². The molecule has 0 atom stereocenters. The molecule has 1 N–H and O–H groups in total. The lowest BCUT2D eigenvalue weighted by atomic mass is 10.1. The van der Waals surface area contributed by atoms with Crippen LogP contribution in [-0.2, 0) is 10.0 Å². The monoisotopic (exact) mass is 499 g/mol. The fourth-order valence-electron chi connectivity index (χ4n) is 4.70. The molecule has 0 aromatic heterocycles. The summed E-state index contributed by atoms with van der Waals surface area (Å²) >= 11 is 0. The lowest BCUT2D eigenvalue weighted by Gasteiger charge is -2.27. The lowest BCUT2D eigenvalue weighted by Crippen LogP contribution is -2.36. The van der Waals surface area contributed by atoms with Crippen molar-refractivity contribution in [3.05, 3.63) is 53.6 Å². The normalized spacial score (nSPS) is 16.9. The van der Waals surface area contributed by atoms with Crippen LogP contribution in [-0.4, -0.2) is 63.3 Å². The first-order chi connectivity index (χ1) is 16.9. The number of ether oxygens (including phenoxy) is 1. The molecule has 8 nitrogen and oxygen atoms in total. The van der Waals surface area contributed by atoms with E-state index in [4.69, 9.17) is 4.74 Å². The number of amides is 2. The van der Waals surface area contributed by atoms with Gasteiger partial charge in [-0.3, -0.25) is 14.3 Å². The molecule has 35 heavy (non-hydrogen) atoms. The van der Waals surface area contributed by atoms with Gasteiger partial charge in [-0.1, -0.05) is 25.0 Å². The molecule has 2 amide bonds. The third-order valence-corrected chi connectivity index (χ3v) is 8.01. The molecular formula is C26H33N3O5S. The summed E-state index contributed by atoms with van der Waals surface area (Å²) in [7, 11) is -2.60. The van der Waals surface area contributed by atoms with Gasteiger partial charge in [0.05, 0.1) is 28.8 Å². The van der Waals surface area contributed by atoms with Crippen molar-refractivity contribution in [3.63, 3.8) is 0 Å². The summed E-state index contributed by atoms with van der Waals surface area (Å²) in [6.07, 6.45) is 6.99. The number of anilines is 1. The fraction of sp³-hybridized carbons (Fsp3) is 0.462. The minimum Gasteiger partial charge on any atom is -0.496 e. The average molecular weight is 500 g/mol. The second-order valence-corrected chi connectivity index (χ2v) is 10.8. The van der Waals surface area contributed by atoms with Crippen LogP contribution < -0.4 is 9.46 Å². The van der Waals surface area contributed by atoms with Crippen LogP contribution in [0.2, 0.25) is 0 Å². The number of sulfonamides is 1. The number of nitrogens with one attached hydrogen (secondary N) is 1. The quantitative estimate of drug-likeness (QED) is 0.645. The van der Waals surface area contributed by atoms with E-state index >= 15 is 0 Å². The SMILES string of the molecule is COc1ccc(S(=O)(=O)Nc2ccccc2C(=O)N2CCCCC2)cc1C(=O)N1CCCCCC1. The molecule has 2 saturated heterocycles. The zero-order chi connectivity index (χ0) is 24.8. The maximum atomic E-state index is 13.4. The molecule has 0 bridgehead atoms. The maximum absolute atomic E-state index is 13.4. The lowest BCUT2D eigenvalue weighted by molar-refractivity contribution is 0.0723. The standard InChI is InChI=1S/C26H33N3O5S/c1-34-24-14-13-20(19-22(24)26(31)29-15-7-2-3-8-16-29)35(32,33)27-23-12-6-5-11-21(23)25(30)28-17-9-4-10-18-28/h5-6,11-14,19,27H,2-4,7-10,15-18H2,1H3. The molecule has 2 fully saturated rings. The van der Waals surface area contributed by atoms with Crippen LogP contribution >= 0.6 is 0 Å². The van der Waals surface area contributed by atoms with Crippen molar-refractivity contribution in [1.29, 1.82) is 0 Å². The van der Waals surface area contributed by atoms with Crippen LogP contribution in [0, 0.1) is 0 Å². The van der Waals surface area contributed by atoms with Gasteiger partial charge in [-0.05, 0) is 62.4 Å². The second-order valence-electron chi connectivity index (χ2n) is 9.07. The van der Waals surface area contributed by atoms with Crippen LogP contribution in [0.3, 0.4) is 0 Å². The van der Waals surface area contributed by atoms with Crippen molar-refractivity contribution in [2.24, 2.45) is 0 Å². The molecule has 2 heterocycles. The number of nitrogens with zero attached hydrogens (tertiary/aromatic N) is 2. The molecule has 2 aliphatic heterocycles. The molecule has 0 aliphatic carbocycles. The Morgan fingerprint density at radius 2 is 1.31 bits per heavy atom. The molecule has 2 aromatic carbocycles. The Morgan fingerprint density at radius 3 is 1.91 bits per heavy atom. The van der Waals surface area contributed by atoms with Gasteiger partial charge in [0, 0.05) is 26.2 Å². The summed E-state index contributed by atoms with van der Waals surface area (Å²) in [6, 6.07) is 10.9. The van der Waals surface area contributed by atoms with Gasteiger partial charge in [-0.2, -0.15) is 0 Å². The molecular weight excluding hydrogens is 466 g/mol. The summed E-state index contributed by atoms with van der Waals surface area (Å²) in [6.45, 7) is 2.62. The average Bonchev–Trinajstić information content (AvgIpc) is 3.18. The molecule has 0 radical (unpaired) electrons. The minimum absolute atomic E-state index is 0.0586. The number of hydrogen-bond donors (Lipinski definition) is 1. The number of rotatable bonds is 6. The maximum Gasteiger partial charge on any atom is 0.261 e.